The monoisotopic (exact) mass is 251 g/mol. The second-order valence-corrected chi connectivity index (χ2v) is 4.98. The fourth-order valence-corrected chi connectivity index (χ4v) is 1.80. The van der Waals surface area contributed by atoms with Crippen LogP contribution < -0.4 is 5.32 Å². The van der Waals surface area contributed by atoms with E-state index in [0.717, 1.165) is 23.6 Å². The highest BCUT2D eigenvalue weighted by Crippen LogP contribution is 2.19. The number of rotatable bonds is 5. The van der Waals surface area contributed by atoms with Gasteiger partial charge in [0.05, 0.1) is 0 Å². The van der Waals surface area contributed by atoms with Crippen molar-refractivity contribution in [3.8, 4) is 0 Å². The zero-order valence-corrected chi connectivity index (χ0v) is 11.9. The Hall–Kier alpha value is -0.790. The van der Waals surface area contributed by atoms with E-state index in [4.69, 9.17) is 11.6 Å². The minimum atomic E-state index is 0.412. The fourth-order valence-electron chi connectivity index (χ4n) is 1.61. The van der Waals surface area contributed by atoms with Crippen LogP contribution in [0.1, 0.15) is 38.3 Å². The molecule has 2 heteroatoms. The molecule has 0 aliphatic heterocycles. The minimum absolute atomic E-state index is 0.412. The minimum Gasteiger partial charge on any atom is -0.311 e. The largest absolute Gasteiger partial charge is 0.311 e. The van der Waals surface area contributed by atoms with Gasteiger partial charge < -0.3 is 5.32 Å². The van der Waals surface area contributed by atoms with Crippen LogP contribution in [0.2, 0.25) is 5.02 Å². The molecule has 94 valence electrons. The molecule has 0 bridgehead atoms. The summed E-state index contributed by atoms with van der Waals surface area (Å²) < 4.78 is 0. The highest BCUT2D eigenvalue weighted by Gasteiger charge is 2.03. The summed E-state index contributed by atoms with van der Waals surface area (Å²) in [5, 5.41) is 4.31. The molecule has 0 aliphatic rings. The standard InChI is InChI=1S/C15H22ClN/c1-5-8-17-13(4)12(3)9-14-7-6-11(2)15(16)10-14/h6-7,9-10,13,17H,5,8H2,1-4H3/b12-9+. The van der Waals surface area contributed by atoms with Gasteiger partial charge in [-0.05, 0) is 50.9 Å². The van der Waals surface area contributed by atoms with E-state index >= 15 is 0 Å². The molecule has 0 saturated heterocycles. The van der Waals surface area contributed by atoms with Gasteiger partial charge in [-0.2, -0.15) is 0 Å². The number of benzene rings is 1. The predicted molar refractivity (Wildman–Crippen MR) is 77.6 cm³/mol. The van der Waals surface area contributed by atoms with Gasteiger partial charge in [0.25, 0.3) is 0 Å². The van der Waals surface area contributed by atoms with Crippen molar-refractivity contribution in [1.29, 1.82) is 0 Å². The van der Waals surface area contributed by atoms with Crippen molar-refractivity contribution in [2.45, 2.75) is 40.2 Å². The molecule has 1 N–H and O–H groups in total. The molecule has 0 saturated carbocycles. The molecule has 0 spiro atoms. The third-order valence-electron chi connectivity index (χ3n) is 2.97. The van der Waals surface area contributed by atoms with E-state index in [1.54, 1.807) is 0 Å². The maximum atomic E-state index is 6.12. The number of aryl methyl sites for hydroxylation is 1. The molecule has 1 atom stereocenters. The summed E-state index contributed by atoms with van der Waals surface area (Å²) in [5.41, 5.74) is 3.63. The molecule has 0 radical (unpaired) electrons. The van der Waals surface area contributed by atoms with Crippen LogP contribution in [0.4, 0.5) is 0 Å². The van der Waals surface area contributed by atoms with Gasteiger partial charge >= 0.3 is 0 Å². The second kappa shape index (κ2) is 6.83. The first kappa shape index (κ1) is 14.3. The van der Waals surface area contributed by atoms with Gasteiger partial charge in [-0.3, -0.25) is 0 Å². The summed E-state index contributed by atoms with van der Waals surface area (Å²) in [6.45, 7) is 9.60. The Morgan fingerprint density at radius 2 is 2.18 bits per heavy atom. The quantitative estimate of drug-likeness (QED) is 0.816. The first-order chi connectivity index (χ1) is 8.04. The van der Waals surface area contributed by atoms with E-state index in [1.165, 1.54) is 11.1 Å². The lowest BCUT2D eigenvalue weighted by molar-refractivity contribution is 0.604. The molecule has 0 aliphatic carbocycles. The predicted octanol–water partition coefficient (Wildman–Crippen LogP) is 4.44. The highest BCUT2D eigenvalue weighted by molar-refractivity contribution is 6.31. The summed E-state index contributed by atoms with van der Waals surface area (Å²) in [4.78, 5) is 0. The lowest BCUT2D eigenvalue weighted by atomic mass is 10.1. The maximum Gasteiger partial charge on any atom is 0.0441 e. The Labute approximate surface area is 110 Å². The van der Waals surface area contributed by atoms with Crippen LogP contribution in [0.15, 0.2) is 23.8 Å². The molecule has 0 amide bonds. The summed E-state index contributed by atoms with van der Waals surface area (Å²) in [6, 6.07) is 6.60. The van der Waals surface area contributed by atoms with Gasteiger partial charge in [-0.1, -0.05) is 42.3 Å². The third-order valence-corrected chi connectivity index (χ3v) is 3.38. The van der Waals surface area contributed by atoms with Gasteiger partial charge in [-0.25, -0.2) is 0 Å². The van der Waals surface area contributed by atoms with Crippen molar-refractivity contribution in [3.05, 3.63) is 39.9 Å². The molecule has 1 rings (SSSR count). The molecule has 1 aromatic carbocycles. The van der Waals surface area contributed by atoms with Crippen LogP contribution in [0.25, 0.3) is 6.08 Å². The molecule has 1 nitrogen and oxygen atoms in total. The van der Waals surface area contributed by atoms with Crippen LogP contribution in [-0.2, 0) is 0 Å². The Morgan fingerprint density at radius 3 is 2.76 bits per heavy atom. The summed E-state index contributed by atoms with van der Waals surface area (Å²) >= 11 is 6.12. The van der Waals surface area contributed by atoms with Gasteiger partial charge in [-0.15, -0.1) is 0 Å². The fraction of sp³-hybridized carbons (Fsp3) is 0.467. The number of nitrogens with one attached hydrogen (secondary N) is 1. The maximum absolute atomic E-state index is 6.12. The Bertz CT molecular complexity index is 396. The first-order valence-electron chi connectivity index (χ1n) is 6.22. The number of hydrogen-bond donors (Lipinski definition) is 1. The highest BCUT2D eigenvalue weighted by atomic mass is 35.5. The van der Waals surface area contributed by atoms with E-state index in [9.17, 15) is 0 Å². The normalized spacial score (nSPS) is 13.8. The summed E-state index contributed by atoms with van der Waals surface area (Å²) in [5.74, 6) is 0. The van der Waals surface area contributed by atoms with Crippen LogP contribution in [0, 0.1) is 6.92 Å². The Kier molecular flexibility index (Phi) is 5.73. The van der Waals surface area contributed by atoms with Gasteiger partial charge in [0, 0.05) is 11.1 Å². The van der Waals surface area contributed by atoms with E-state index in [-0.39, 0.29) is 0 Å². The van der Waals surface area contributed by atoms with Gasteiger partial charge in [0.2, 0.25) is 0 Å². The molecular weight excluding hydrogens is 230 g/mol. The zero-order valence-electron chi connectivity index (χ0n) is 11.2. The van der Waals surface area contributed by atoms with Crippen molar-refractivity contribution in [2.75, 3.05) is 6.54 Å². The van der Waals surface area contributed by atoms with E-state index in [2.05, 4.69) is 44.3 Å². The second-order valence-electron chi connectivity index (χ2n) is 4.57. The number of hydrogen-bond acceptors (Lipinski definition) is 1. The lowest BCUT2D eigenvalue weighted by Crippen LogP contribution is -2.27. The molecule has 1 aromatic rings. The van der Waals surface area contributed by atoms with E-state index in [1.807, 2.05) is 13.0 Å². The average molecular weight is 252 g/mol. The van der Waals surface area contributed by atoms with Crippen LogP contribution in [0.5, 0.6) is 0 Å². The van der Waals surface area contributed by atoms with Crippen molar-refractivity contribution < 1.29 is 0 Å². The molecule has 17 heavy (non-hydrogen) atoms. The molecular formula is C15H22ClN. The van der Waals surface area contributed by atoms with Gasteiger partial charge in [0.1, 0.15) is 0 Å². The molecule has 0 fully saturated rings. The molecule has 0 aromatic heterocycles. The van der Waals surface area contributed by atoms with Crippen LogP contribution in [-0.4, -0.2) is 12.6 Å². The Balaban J connectivity index is 2.76. The van der Waals surface area contributed by atoms with Crippen molar-refractivity contribution in [3.63, 3.8) is 0 Å². The summed E-state index contributed by atoms with van der Waals surface area (Å²) in [6.07, 6.45) is 3.35. The van der Waals surface area contributed by atoms with Crippen molar-refractivity contribution >= 4 is 17.7 Å². The summed E-state index contributed by atoms with van der Waals surface area (Å²) in [7, 11) is 0. The van der Waals surface area contributed by atoms with Crippen molar-refractivity contribution in [1.82, 2.24) is 5.32 Å². The molecule has 0 heterocycles. The van der Waals surface area contributed by atoms with Crippen molar-refractivity contribution in [2.24, 2.45) is 0 Å². The third kappa shape index (κ3) is 4.53. The van der Waals surface area contributed by atoms with Gasteiger partial charge in [0.15, 0.2) is 0 Å². The lowest BCUT2D eigenvalue weighted by Gasteiger charge is -2.14. The first-order valence-corrected chi connectivity index (χ1v) is 6.60. The molecule has 1 unspecified atom stereocenters. The average Bonchev–Trinajstić information content (AvgIpc) is 2.30. The SMILES string of the molecule is CCCNC(C)/C(C)=C/c1ccc(C)c(Cl)c1. The topological polar surface area (TPSA) is 12.0 Å². The Morgan fingerprint density at radius 1 is 1.47 bits per heavy atom. The van der Waals surface area contributed by atoms with E-state index in [0.29, 0.717) is 6.04 Å². The zero-order chi connectivity index (χ0) is 12.8. The number of halogens is 1. The van der Waals surface area contributed by atoms with E-state index < -0.39 is 0 Å². The van der Waals surface area contributed by atoms with Crippen LogP contribution >= 0.6 is 11.6 Å². The smallest absolute Gasteiger partial charge is 0.0441 e. The van der Waals surface area contributed by atoms with Crippen LogP contribution in [0.3, 0.4) is 0 Å².